The summed E-state index contributed by atoms with van der Waals surface area (Å²) in [4.78, 5) is 11.8. The van der Waals surface area contributed by atoms with E-state index in [1.165, 1.54) is 6.08 Å². The predicted octanol–water partition coefficient (Wildman–Crippen LogP) is 2.69. The Morgan fingerprint density at radius 2 is 2.00 bits per heavy atom. The van der Waals surface area contributed by atoms with Crippen molar-refractivity contribution in [3.63, 3.8) is 0 Å². The van der Waals surface area contributed by atoms with E-state index < -0.39 is 0 Å². The molecule has 1 aromatic carbocycles. The molecule has 0 bridgehead atoms. The lowest BCUT2D eigenvalue weighted by Gasteiger charge is -2.18. The molecule has 0 aliphatic carbocycles. The highest BCUT2D eigenvalue weighted by molar-refractivity contribution is 5.91. The van der Waals surface area contributed by atoms with Gasteiger partial charge in [0.05, 0.1) is 0 Å². The third-order valence-electron chi connectivity index (χ3n) is 3.23. The van der Waals surface area contributed by atoms with E-state index in [-0.39, 0.29) is 5.91 Å². The molecule has 5 nitrogen and oxygen atoms in total. The van der Waals surface area contributed by atoms with Crippen molar-refractivity contribution in [2.24, 2.45) is 0 Å². The number of ether oxygens (including phenoxy) is 2. The summed E-state index contributed by atoms with van der Waals surface area (Å²) in [5.74, 6) is 2.77. The minimum atomic E-state index is -0.177. The molecule has 0 unspecified atom stereocenters. The van der Waals surface area contributed by atoms with Crippen LogP contribution >= 0.6 is 0 Å². The predicted molar refractivity (Wildman–Crippen MR) is 81.8 cm³/mol. The molecule has 0 saturated carbocycles. The fraction of sp³-hybridized carbons (Fsp3) is 0.235. The van der Waals surface area contributed by atoms with E-state index in [0.29, 0.717) is 25.5 Å². The number of carbonyl (C=O) groups excluding carboxylic acids is 1. The largest absolute Gasteiger partial charge is 0.486 e. The van der Waals surface area contributed by atoms with Crippen molar-refractivity contribution in [3.8, 4) is 11.5 Å². The molecule has 0 saturated heterocycles. The van der Waals surface area contributed by atoms with Gasteiger partial charge < -0.3 is 19.2 Å². The third kappa shape index (κ3) is 3.49. The van der Waals surface area contributed by atoms with Gasteiger partial charge in [-0.1, -0.05) is 6.07 Å². The topological polar surface area (TPSA) is 60.7 Å². The fourth-order valence-electron chi connectivity index (χ4n) is 2.15. The summed E-state index contributed by atoms with van der Waals surface area (Å²) >= 11 is 0. The summed E-state index contributed by atoms with van der Waals surface area (Å²) in [6.45, 7) is 3.41. The Bertz CT molecular complexity index is 702. The number of furan rings is 1. The van der Waals surface area contributed by atoms with Gasteiger partial charge in [-0.15, -0.1) is 0 Å². The Morgan fingerprint density at radius 3 is 2.77 bits per heavy atom. The lowest BCUT2D eigenvalue weighted by molar-refractivity contribution is -0.116. The maximum absolute atomic E-state index is 11.8. The average molecular weight is 299 g/mol. The second-order valence-electron chi connectivity index (χ2n) is 4.98. The number of nitrogens with one attached hydrogen (secondary N) is 1. The summed E-state index contributed by atoms with van der Waals surface area (Å²) in [5, 5.41) is 2.82. The van der Waals surface area contributed by atoms with E-state index in [0.717, 1.165) is 22.8 Å². The lowest BCUT2D eigenvalue weighted by Crippen LogP contribution is -2.20. The van der Waals surface area contributed by atoms with Crippen LogP contribution in [-0.4, -0.2) is 19.1 Å². The van der Waals surface area contributed by atoms with Gasteiger partial charge in [0.2, 0.25) is 5.91 Å². The zero-order chi connectivity index (χ0) is 15.4. The van der Waals surface area contributed by atoms with E-state index in [4.69, 9.17) is 13.9 Å². The van der Waals surface area contributed by atoms with E-state index in [1.807, 2.05) is 37.3 Å². The van der Waals surface area contributed by atoms with Gasteiger partial charge in [-0.05, 0) is 42.8 Å². The minimum absolute atomic E-state index is 0.177. The SMILES string of the molecule is Cc1ccc(C=CC(=O)NCc2ccc3c(c2)OCCO3)o1. The first-order chi connectivity index (χ1) is 10.7. The Hall–Kier alpha value is -2.69. The molecular weight excluding hydrogens is 282 g/mol. The molecule has 22 heavy (non-hydrogen) atoms. The molecule has 1 amide bonds. The van der Waals surface area contributed by atoms with Crippen molar-refractivity contribution < 1.29 is 18.7 Å². The second kappa shape index (κ2) is 6.39. The summed E-state index contributed by atoms with van der Waals surface area (Å²) in [6, 6.07) is 9.33. The van der Waals surface area contributed by atoms with Crippen LogP contribution in [0.1, 0.15) is 17.1 Å². The number of aryl methyl sites for hydroxylation is 1. The molecule has 5 heteroatoms. The summed E-state index contributed by atoms with van der Waals surface area (Å²) < 4.78 is 16.3. The highest BCUT2D eigenvalue weighted by Crippen LogP contribution is 2.30. The first-order valence-electron chi connectivity index (χ1n) is 7.11. The zero-order valence-corrected chi connectivity index (χ0v) is 12.3. The molecule has 1 N–H and O–H groups in total. The van der Waals surface area contributed by atoms with Crippen LogP contribution in [-0.2, 0) is 11.3 Å². The van der Waals surface area contributed by atoms with Crippen LogP contribution in [0.4, 0.5) is 0 Å². The van der Waals surface area contributed by atoms with Gasteiger partial charge in [0.15, 0.2) is 11.5 Å². The van der Waals surface area contributed by atoms with Gasteiger partial charge in [-0.3, -0.25) is 4.79 Å². The molecule has 1 aromatic heterocycles. The molecule has 0 fully saturated rings. The van der Waals surface area contributed by atoms with Crippen LogP contribution in [0.5, 0.6) is 11.5 Å². The molecule has 114 valence electrons. The van der Waals surface area contributed by atoms with Crippen molar-refractivity contribution >= 4 is 12.0 Å². The molecule has 3 rings (SSSR count). The quantitative estimate of drug-likeness (QED) is 0.882. The first-order valence-corrected chi connectivity index (χ1v) is 7.11. The number of benzene rings is 1. The standard InChI is InChI=1S/C17H17NO4/c1-12-2-4-14(22-12)5-7-17(19)18-11-13-3-6-15-16(10-13)21-9-8-20-15/h2-7,10H,8-9,11H2,1H3,(H,18,19). The third-order valence-corrected chi connectivity index (χ3v) is 3.23. The van der Waals surface area contributed by atoms with Gasteiger partial charge in [0.1, 0.15) is 24.7 Å². The number of amides is 1. The van der Waals surface area contributed by atoms with Crippen molar-refractivity contribution in [2.75, 3.05) is 13.2 Å². The van der Waals surface area contributed by atoms with Crippen LogP contribution in [0.15, 0.2) is 40.8 Å². The average Bonchev–Trinajstić information content (AvgIpc) is 2.96. The Labute approximate surface area is 128 Å². The molecule has 1 aliphatic heterocycles. The summed E-state index contributed by atoms with van der Waals surface area (Å²) in [5.41, 5.74) is 0.958. The first kappa shape index (κ1) is 14.3. The number of hydrogen-bond acceptors (Lipinski definition) is 4. The highest BCUT2D eigenvalue weighted by Gasteiger charge is 2.11. The number of carbonyl (C=O) groups is 1. The number of hydrogen-bond donors (Lipinski definition) is 1. The van der Waals surface area contributed by atoms with E-state index in [2.05, 4.69) is 5.32 Å². The van der Waals surface area contributed by atoms with Crippen molar-refractivity contribution in [3.05, 3.63) is 53.5 Å². The Balaban J connectivity index is 1.55. The molecule has 0 spiro atoms. The fourth-order valence-corrected chi connectivity index (χ4v) is 2.15. The van der Waals surface area contributed by atoms with Crippen molar-refractivity contribution in [1.82, 2.24) is 5.32 Å². The maximum Gasteiger partial charge on any atom is 0.244 e. The van der Waals surface area contributed by atoms with Gasteiger partial charge in [0, 0.05) is 12.6 Å². The highest BCUT2D eigenvalue weighted by atomic mass is 16.6. The van der Waals surface area contributed by atoms with Gasteiger partial charge in [-0.2, -0.15) is 0 Å². The Kier molecular flexibility index (Phi) is 4.14. The number of fused-ring (bicyclic) bond motifs is 1. The van der Waals surface area contributed by atoms with Crippen molar-refractivity contribution in [1.29, 1.82) is 0 Å². The van der Waals surface area contributed by atoms with Crippen LogP contribution < -0.4 is 14.8 Å². The number of rotatable bonds is 4. The van der Waals surface area contributed by atoms with Crippen LogP contribution in [0.25, 0.3) is 6.08 Å². The molecule has 1 aliphatic rings. The lowest BCUT2D eigenvalue weighted by atomic mass is 10.2. The van der Waals surface area contributed by atoms with Crippen LogP contribution in [0.2, 0.25) is 0 Å². The molecule has 2 heterocycles. The molecule has 2 aromatic rings. The Morgan fingerprint density at radius 1 is 1.18 bits per heavy atom. The smallest absolute Gasteiger partial charge is 0.244 e. The van der Waals surface area contributed by atoms with Crippen LogP contribution in [0.3, 0.4) is 0 Å². The minimum Gasteiger partial charge on any atom is -0.486 e. The van der Waals surface area contributed by atoms with Crippen LogP contribution in [0, 0.1) is 6.92 Å². The van der Waals surface area contributed by atoms with Gasteiger partial charge in [0.25, 0.3) is 0 Å². The normalized spacial score (nSPS) is 13.3. The summed E-state index contributed by atoms with van der Waals surface area (Å²) in [6.07, 6.45) is 3.10. The molecule has 0 atom stereocenters. The van der Waals surface area contributed by atoms with E-state index in [9.17, 15) is 4.79 Å². The second-order valence-corrected chi connectivity index (χ2v) is 4.98. The van der Waals surface area contributed by atoms with E-state index in [1.54, 1.807) is 6.08 Å². The van der Waals surface area contributed by atoms with Gasteiger partial charge in [-0.25, -0.2) is 0 Å². The molecule has 0 radical (unpaired) electrons. The van der Waals surface area contributed by atoms with E-state index >= 15 is 0 Å². The monoisotopic (exact) mass is 299 g/mol. The van der Waals surface area contributed by atoms with Gasteiger partial charge >= 0.3 is 0 Å². The maximum atomic E-state index is 11.8. The molecular formula is C17H17NO4. The van der Waals surface area contributed by atoms with Crippen molar-refractivity contribution in [2.45, 2.75) is 13.5 Å². The zero-order valence-electron chi connectivity index (χ0n) is 12.3. The summed E-state index contributed by atoms with van der Waals surface area (Å²) in [7, 11) is 0.